The van der Waals surface area contributed by atoms with Gasteiger partial charge in [0.25, 0.3) is 0 Å². The van der Waals surface area contributed by atoms with Crippen LogP contribution in [0.4, 0.5) is 0 Å². The average molecular weight is 520 g/mol. The van der Waals surface area contributed by atoms with Crippen LogP contribution in [0.5, 0.6) is 0 Å². The van der Waals surface area contributed by atoms with Crippen LogP contribution in [0.2, 0.25) is 0 Å². The third-order valence-corrected chi connectivity index (χ3v) is 13.9. The normalized spacial score (nSPS) is 34.6. The zero-order valence-electron chi connectivity index (χ0n) is 13.2. The van der Waals surface area contributed by atoms with Gasteiger partial charge in [-0.1, -0.05) is 0 Å². The number of hydrogen-bond donors (Lipinski definition) is 2. The van der Waals surface area contributed by atoms with Crippen molar-refractivity contribution < 1.29 is 9.53 Å². The quantitative estimate of drug-likeness (QED) is 0.170. The molecule has 0 aromatic carbocycles. The molecule has 21 heavy (non-hydrogen) atoms. The first kappa shape index (κ1) is 16.7. The molecule has 122 valence electrons. The van der Waals surface area contributed by atoms with Crippen LogP contribution in [-0.4, -0.2) is 30.1 Å². The van der Waals surface area contributed by atoms with E-state index in [1.54, 1.807) is 0 Å². The summed E-state index contributed by atoms with van der Waals surface area (Å²) in [6.07, 6.45) is 2.42. The SMILES string of the molecule is C=IC(C)(C(=O)C1CCC1C(OCC)C(C)C)C12NI1N2. The number of ether oxygens (including phenoxy) is 1. The molecule has 4 unspecified atom stereocenters. The molecule has 6 heteroatoms. The van der Waals surface area contributed by atoms with Crippen molar-refractivity contribution in [1.29, 1.82) is 0 Å². The molecule has 0 radical (unpaired) electrons. The number of nitrogens with one attached hydrogen (secondary N) is 2. The third kappa shape index (κ3) is 2.47. The molecule has 4 nitrogen and oxygen atoms in total. The summed E-state index contributed by atoms with van der Waals surface area (Å²) in [6.45, 7) is 9.37. The molecule has 2 N–H and O–H groups in total. The minimum atomic E-state index is -1.09. The fraction of sp³-hybridized carbons (Fsp3) is 0.867. The predicted molar refractivity (Wildman–Crippen MR) is 104 cm³/mol. The first-order valence-corrected chi connectivity index (χ1v) is 13.6. The van der Waals surface area contributed by atoms with Crippen LogP contribution < -0.4 is 7.06 Å². The summed E-state index contributed by atoms with van der Waals surface area (Å²) in [7, 11) is 0. The second-order valence-electron chi connectivity index (χ2n) is 6.64. The molecule has 4 atom stereocenters. The molecule has 0 spiro atoms. The Hall–Kier alpha value is 0.880. The van der Waals surface area contributed by atoms with Gasteiger partial charge < -0.3 is 0 Å². The molecule has 3 rings (SSSR count). The molecule has 1 aliphatic carbocycles. The first-order chi connectivity index (χ1) is 9.91. The van der Waals surface area contributed by atoms with Gasteiger partial charge in [0.15, 0.2) is 0 Å². The van der Waals surface area contributed by atoms with Crippen molar-refractivity contribution in [2.75, 3.05) is 6.61 Å². The summed E-state index contributed by atoms with van der Waals surface area (Å²) < 4.78 is 17.1. The topological polar surface area (TPSA) is 70.2 Å². The maximum atomic E-state index is 13.2. The number of fused-ring (bicyclic) bond motifs is 1. The molecule has 0 aromatic heterocycles. The summed E-state index contributed by atoms with van der Waals surface area (Å²) in [6, 6.07) is 0. The maximum absolute atomic E-state index is 13.2. The molecule has 1 saturated carbocycles. The van der Waals surface area contributed by atoms with Gasteiger partial charge in [-0.3, -0.25) is 0 Å². The van der Waals surface area contributed by atoms with Gasteiger partial charge in [0.1, 0.15) is 0 Å². The van der Waals surface area contributed by atoms with E-state index in [-0.39, 0.29) is 39.8 Å². The van der Waals surface area contributed by atoms with Crippen LogP contribution in [0, 0.1) is 17.8 Å². The van der Waals surface area contributed by atoms with Gasteiger partial charge in [-0.05, 0) is 0 Å². The van der Waals surface area contributed by atoms with E-state index in [0.717, 1.165) is 19.4 Å². The zero-order chi connectivity index (χ0) is 15.4. The average Bonchev–Trinajstić information content (AvgIpc) is 3.24. The molecular weight excluding hydrogens is 494 g/mol. The van der Waals surface area contributed by atoms with Crippen molar-refractivity contribution >= 4 is 51.4 Å². The Morgan fingerprint density at radius 1 is 1.52 bits per heavy atom. The molecule has 2 aliphatic heterocycles. The number of hydrogen-bond acceptors (Lipinski definition) is 4. The number of alkyl halides is 2. The Kier molecular flexibility index (Phi) is 4.58. The zero-order valence-corrected chi connectivity index (χ0v) is 17.5. The van der Waals surface area contributed by atoms with Gasteiger partial charge in [-0.2, -0.15) is 0 Å². The number of halogens is 2. The van der Waals surface area contributed by atoms with E-state index in [2.05, 4.69) is 39.3 Å². The van der Waals surface area contributed by atoms with E-state index in [1.165, 1.54) is 0 Å². The van der Waals surface area contributed by atoms with Crippen LogP contribution in [0.1, 0.15) is 40.5 Å². The number of rotatable bonds is 8. The molecule has 3 fully saturated rings. The van der Waals surface area contributed by atoms with Gasteiger partial charge in [0.05, 0.1) is 0 Å². The Morgan fingerprint density at radius 3 is 2.48 bits per heavy atom. The monoisotopic (exact) mass is 520 g/mol. The summed E-state index contributed by atoms with van der Waals surface area (Å²) in [5.41, 5.74) is 0. The van der Waals surface area contributed by atoms with Crippen LogP contribution in [0.25, 0.3) is 0 Å². The van der Waals surface area contributed by atoms with Gasteiger partial charge in [0, 0.05) is 0 Å². The first-order valence-electron chi connectivity index (χ1n) is 7.72. The van der Waals surface area contributed by atoms with E-state index in [0.29, 0.717) is 17.6 Å². The van der Waals surface area contributed by atoms with Crippen LogP contribution in [0.3, 0.4) is 0 Å². The van der Waals surface area contributed by atoms with Crippen molar-refractivity contribution in [3.05, 3.63) is 0 Å². The second-order valence-corrected chi connectivity index (χ2v) is 13.9. The molecule has 3 aliphatic rings. The van der Waals surface area contributed by atoms with Crippen molar-refractivity contribution in [1.82, 2.24) is 7.06 Å². The van der Waals surface area contributed by atoms with Gasteiger partial charge >= 0.3 is 146 Å². The Bertz CT molecular complexity index is 465. The second kappa shape index (κ2) is 5.75. The fourth-order valence-corrected chi connectivity index (χ4v) is 13.4. The summed E-state index contributed by atoms with van der Waals surface area (Å²) in [5, 5.41) is 0. The van der Waals surface area contributed by atoms with E-state index in [4.69, 9.17) is 4.74 Å². The van der Waals surface area contributed by atoms with Crippen LogP contribution >= 0.6 is 41.1 Å². The molecule has 2 saturated heterocycles. The predicted octanol–water partition coefficient (Wildman–Crippen LogP) is 3.00. The van der Waals surface area contributed by atoms with Gasteiger partial charge in [-0.25, -0.2) is 0 Å². The van der Waals surface area contributed by atoms with Crippen molar-refractivity contribution in [3.8, 4) is 0 Å². The Morgan fingerprint density at radius 2 is 2.14 bits per heavy atom. The van der Waals surface area contributed by atoms with Gasteiger partial charge in [0.2, 0.25) is 0 Å². The molecule has 2 heterocycles. The number of ketones is 1. The molecule has 0 aromatic rings. The van der Waals surface area contributed by atoms with Crippen LogP contribution in [-0.2, 0) is 9.53 Å². The molecule has 0 bridgehead atoms. The van der Waals surface area contributed by atoms with E-state index >= 15 is 0 Å². The number of Topliss-reactive ketones (excluding diaryl/α,β-unsaturated/α-hetero) is 1. The van der Waals surface area contributed by atoms with Crippen molar-refractivity contribution in [2.45, 2.75) is 53.7 Å². The standard InChI is InChI=1S/C15H26I2N2O2/c1-6-21-12(9(2)3)10-7-8-11(10)13(20)14(4,16-5)15-17(18-15)19-15/h9-12,18-19H,5-8H2,1-4H3. The summed E-state index contributed by atoms with van der Waals surface area (Å²) >= 11 is -1.46. The molecular formula is C15H26I2N2O2. The summed E-state index contributed by atoms with van der Waals surface area (Å²) in [4.78, 5) is 13.2. The Balaban J connectivity index is 1.74. The van der Waals surface area contributed by atoms with Crippen molar-refractivity contribution in [3.63, 3.8) is 0 Å². The summed E-state index contributed by atoms with van der Waals surface area (Å²) in [5.74, 6) is 1.57. The van der Waals surface area contributed by atoms with E-state index < -0.39 is 20.4 Å². The Labute approximate surface area is 145 Å². The fourth-order valence-electron chi connectivity index (χ4n) is 3.50. The van der Waals surface area contributed by atoms with Crippen molar-refractivity contribution in [2.24, 2.45) is 17.8 Å². The van der Waals surface area contributed by atoms with Gasteiger partial charge in [-0.15, -0.1) is 0 Å². The minimum absolute atomic E-state index is 0.0715. The third-order valence-electron chi connectivity index (χ3n) is 5.14. The van der Waals surface area contributed by atoms with E-state index in [9.17, 15) is 4.79 Å². The van der Waals surface area contributed by atoms with E-state index in [1.807, 2.05) is 0 Å². The number of carbonyl (C=O) groups is 1. The van der Waals surface area contributed by atoms with Crippen LogP contribution in [0.15, 0.2) is 0 Å². The molecule has 0 amide bonds. The number of carbonyl (C=O) groups excluding carboxylic acids is 1.